The molecule has 2 heterocycles. The van der Waals surface area contributed by atoms with Gasteiger partial charge >= 0.3 is 0 Å². The molecule has 1 atom stereocenters. The summed E-state index contributed by atoms with van der Waals surface area (Å²) in [5.41, 5.74) is 2.66. The summed E-state index contributed by atoms with van der Waals surface area (Å²) in [6, 6.07) is 6.17. The SMILES string of the molecule is CCC(CC1=CC=CCC1)N1C(=O)c2ccc3c4c(ccc(c24)C1=O)C(=O)N(C)C3=O. The largest absolute Gasteiger partial charge is 0.277 e. The molecule has 6 heteroatoms. The van der Waals surface area contributed by atoms with Gasteiger partial charge in [0.1, 0.15) is 0 Å². The molecule has 4 amide bonds. The molecule has 0 saturated heterocycles. The molecule has 0 saturated carbocycles. The molecule has 1 aliphatic carbocycles. The smallest absolute Gasteiger partial charge is 0.261 e. The first-order valence-electron chi connectivity index (χ1n) is 10.6. The lowest BCUT2D eigenvalue weighted by atomic mass is 9.85. The summed E-state index contributed by atoms with van der Waals surface area (Å²) >= 11 is 0. The molecule has 6 nitrogen and oxygen atoms in total. The Balaban J connectivity index is 1.65. The van der Waals surface area contributed by atoms with E-state index in [-0.39, 0.29) is 17.9 Å². The maximum absolute atomic E-state index is 13.5. The van der Waals surface area contributed by atoms with Crippen LogP contribution in [0.25, 0.3) is 10.8 Å². The van der Waals surface area contributed by atoms with Crippen molar-refractivity contribution in [1.29, 1.82) is 0 Å². The van der Waals surface area contributed by atoms with Crippen LogP contribution in [-0.4, -0.2) is 46.5 Å². The van der Waals surface area contributed by atoms with Gasteiger partial charge in [0.15, 0.2) is 0 Å². The van der Waals surface area contributed by atoms with E-state index < -0.39 is 11.8 Å². The zero-order chi connectivity index (χ0) is 21.9. The molecule has 5 rings (SSSR count). The Kier molecular flexibility index (Phi) is 4.39. The van der Waals surface area contributed by atoms with Crippen LogP contribution in [-0.2, 0) is 0 Å². The summed E-state index contributed by atoms with van der Waals surface area (Å²) in [6.45, 7) is 1.98. The Hall–Kier alpha value is -3.54. The number of benzene rings is 2. The van der Waals surface area contributed by atoms with Crippen molar-refractivity contribution in [2.24, 2.45) is 0 Å². The van der Waals surface area contributed by atoms with Crippen molar-refractivity contribution in [3.63, 3.8) is 0 Å². The standard InChI is InChI=1S/C25H22N2O4/c1-3-15(13-14-7-5-4-6-8-14)27-24(30)18-11-9-16-20-17(23(29)26(2)22(16)28)10-12-19(21(18)20)25(27)31/h4-5,7,9-12,15H,3,6,8,13H2,1-2H3. The fourth-order valence-corrected chi connectivity index (χ4v) is 4.89. The van der Waals surface area contributed by atoms with Crippen LogP contribution in [0.4, 0.5) is 0 Å². The highest BCUT2D eigenvalue weighted by Crippen LogP contribution is 2.38. The average Bonchev–Trinajstić information content (AvgIpc) is 2.79. The summed E-state index contributed by atoms with van der Waals surface area (Å²) in [6.07, 6.45) is 9.39. The molecule has 0 aromatic heterocycles. The third kappa shape index (κ3) is 2.71. The van der Waals surface area contributed by atoms with E-state index in [9.17, 15) is 19.2 Å². The van der Waals surface area contributed by atoms with Crippen LogP contribution >= 0.6 is 0 Å². The highest BCUT2D eigenvalue weighted by Gasteiger charge is 2.40. The van der Waals surface area contributed by atoms with Gasteiger partial charge in [0.25, 0.3) is 23.6 Å². The number of allylic oxidation sites excluding steroid dienone is 3. The molecule has 1 unspecified atom stereocenters. The number of amides is 4. The lowest BCUT2D eigenvalue weighted by Gasteiger charge is -2.35. The first kappa shape index (κ1) is 19.4. The number of hydrogen-bond acceptors (Lipinski definition) is 4. The van der Waals surface area contributed by atoms with Gasteiger partial charge in [-0.25, -0.2) is 0 Å². The number of imide groups is 2. The average molecular weight is 414 g/mol. The Bertz CT molecular complexity index is 1180. The topological polar surface area (TPSA) is 74.8 Å². The van der Waals surface area contributed by atoms with Gasteiger partial charge in [-0.3, -0.25) is 29.0 Å². The second-order valence-corrected chi connectivity index (χ2v) is 8.28. The maximum atomic E-state index is 13.5. The molecular weight excluding hydrogens is 392 g/mol. The molecule has 0 N–H and O–H groups in total. The minimum absolute atomic E-state index is 0.248. The van der Waals surface area contributed by atoms with Gasteiger partial charge in [-0.1, -0.05) is 30.7 Å². The number of hydrogen-bond donors (Lipinski definition) is 0. The van der Waals surface area contributed by atoms with Gasteiger partial charge in [-0.05, 0) is 49.9 Å². The predicted octanol–water partition coefficient (Wildman–Crippen LogP) is 4.11. The highest BCUT2D eigenvalue weighted by atomic mass is 16.2. The van der Waals surface area contributed by atoms with Crippen molar-refractivity contribution < 1.29 is 19.2 Å². The Labute approximate surface area is 179 Å². The molecule has 0 radical (unpaired) electrons. The normalized spacial score (nSPS) is 18.7. The van der Waals surface area contributed by atoms with Gasteiger partial charge in [0, 0.05) is 46.1 Å². The van der Waals surface area contributed by atoms with E-state index in [0.29, 0.717) is 45.9 Å². The van der Waals surface area contributed by atoms with Crippen molar-refractivity contribution in [3.05, 3.63) is 70.3 Å². The van der Waals surface area contributed by atoms with Crippen molar-refractivity contribution in [2.45, 2.75) is 38.6 Å². The summed E-state index contributed by atoms with van der Waals surface area (Å²) in [7, 11) is 1.44. The number of carbonyl (C=O) groups excluding carboxylic acids is 4. The summed E-state index contributed by atoms with van der Waals surface area (Å²) < 4.78 is 0. The van der Waals surface area contributed by atoms with E-state index >= 15 is 0 Å². The summed E-state index contributed by atoms with van der Waals surface area (Å²) in [5, 5.41) is 0.836. The molecular formula is C25H22N2O4. The van der Waals surface area contributed by atoms with Gasteiger partial charge in [0.2, 0.25) is 0 Å². The molecule has 31 heavy (non-hydrogen) atoms. The van der Waals surface area contributed by atoms with E-state index in [1.54, 1.807) is 24.3 Å². The number of nitrogens with zero attached hydrogens (tertiary/aromatic N) is 2. The molecule has 156 valence electrons. The fourth-order valence-electron chi connectivity index (χ4n) is 4.89. The minimum atomic E-state index is -0.424. The van der Waals surface area contributed by atoms with Gasteiger partial charge in [-0.2, -0.15) is 0 Å². The lowest BCUT2D eigenvalue weighted by molar-refractivity contribution is 0.0529. The van der Waals surface area contributed by atoms with E-state index in [1.807, 2.05) is 13.0 Å². The van der Waals surface area contributed by atoms with Crippen molar-refractivity contribution in [2.75, 3.05) is 7.05 Å². The second-order valence-electron chi connectivity index (χ2n) is 8.28. The van der Waals surface area contributed by atoms with Gasteiger partial charge in [-0.15, -0.1) is 0 Å². The quantitative estimate of drug-likeness (QED) is 0.706. The zero-order valence-electron chi connectivity index (χ0n) is 17.5. The summed E-state index contributed by atoms with van der Waals surface area (Å²) in [4.78, 5) is 54.8. The molecule has 2 aromatic rings. The number of carbonyl (C=O) groups is 4. The minimum Gasteiger partial charge on any atom is -0.277 e. The lowest BCUT2D eigenvalue weighted by Crippen LogP contribution is -2.47. The Morgan fingerprint density at radius 1 is 0.839 bits per heavy atom. The van der Waals surface area contributed by atoms with Gasteiger partial charge in [0.05, 0.1) is 0 Å². The van der Waals surface area contributed by atoms with Crippen LogP contribution in [0.3, 0.4) is 0 Å². The van der Waals surface area contributed by atoms with E-state index in [1.165, 1.54) is 17.5 Å². The van der Waals surface area contributed by atoms with E-state index in [0.717, 1.165) is 17.7 Å². The van der Waals surface area contributed by atoms with Crippen molar-refractivity contribution >= 4 is 34.4 Å². The monoisotopic (exact) mass is 414 g/mol. The van der Waals surface area contributed by atoms with Crippen LogP contribution in [0.2, 0.25) is 0 Å². The van der Waals surface area contributed by atoms with Crippen LogP contribution in [0.1, 0.15) is 74.0 Å². The second kappa shape index (κ2) is 7.01. The summed E-state index contributed by atoms with van der Waals surface area (Å²) in [5.74, 6) is -1.57. The molecule has 2 aliphatic heterocycles. The first-order valence-corrected chi connectivity index (χ1v) is 10.6. The van der Waals surface area contributed by atoms with Crippen molar-refractivity contribution in [1.82, 2.24) is 9.80 Å². The predicted molar refractivity (Wildman–Crippen MR) is 116 cm³/mol. The third-order valence-corrected chi connectivity index (χ3v) is 6.56. The van der Waals surface area contributed by atoms with Crippen LogP contribution in [0.15, 0.2) is 48.1 Å². The zero-order valence-corrected chi connectivity index (χ0v) is 17.5. The maximum Gasteiger partial charge on any atom is 0.261 e. The van der Waals surface area contributed by atoms with E-state index in [2.05, 4.69) is 12.2 Å². The van der Waals surface area contributed by atoms with Crippen LogP contribution < -0.4 is 0 Å². The third-order valence-electron chi connectivity index (χ3n) is 6.56. The number of rotatable bonds is 4. The molecule has 0 spiro atoms. The molecule has 2 aromatic carbocycles. The Morgan fingerprint density at radius 2 is 1.35 bits per heavy atom. The fraction of sp³-hybridized carbons (Fsp3) is 0.280. The van der Waals surface area contributed by atoms with Crippen LogP contribution in [0.5, 0.6) is 0 Å². The molecule has 0 fully saturated rings. The molecule has 3 aliphatic rings. The first-order chi connectivity index (χ1) is 14.9. The molecule has 0 bridgehead atoms. The van der Waals surface area contributed by atoms with Gasteiger partial charge < -0.3 is 0 Å². The Morgan fingerprint density at radius 3 is 1.81 bits per heavy atom. The van der Waals surface area contributed by atoms with Crippen molar-refractivity contribution in [3.8, 4) is 0 Å². The van der Waals surface area contributed by atoms with E-state index in [4.69, 9.17) is 0 Å². The highest BCUT2D eigenvalue weighted by molar-refractivity contribution is 6.33. The van der Waals surface area contributed by atoms with Crippen LogP contribution in [0, 0.1) is 0 Å².